The summed E-state index contributed by atoms with van der Waals surface area (Å²) in [6, 6.07) is 5.29. The first kappa shape index (κ1) is 23.2. The summed E-state index contributed by atoms with van der Waals surface area (Å²) in [4.78, 5) is 25.6. The molecule has 0 radical (unpaired) electrons. The van der Waals surface area contributed by atoms with Crippen LogP contribution in [0.25, 0.3) is 10.9 Å². The van der Waals surface area contributed by atoms with Gasteiger partial charge in [0.1, 0.15) is 11.3 Å². The topological polar surface area (TPSA) is 60.3 Å². The van der Waals surface area contributed by atoms with Crippen molar-refractivity contribution in [3.8, 4) is 5.75 Å². The average molecular weight is 458 g/mol. The maximum absolute atomic E-state index is 13.1. The second-order valence-electron chi connectivity index (χ2n) is 6.79. The van der Waals surface area contributed by atoms with Gasteiger partial charge in [-0.15, -0.1) is 0 Å². The highest BCUT2D eigenvalue weighted by Crippen LogP contribution is 2.37. The number of benzene rings is 2. The van der Waals surface area contributed by atoms with E-state index in [1.807, 2.05) is 5.32 Å². The van der Waals surface area contributed by atoms with Crippen molar-refractivity contribution in [3.63, 3.8) is 0 Å². The minimum absolute atomic E-state index is 0.0535. The highest BCUT2D eigenvalue weighted by molar-refractivity contribution is 6.06. The van der Waals surface area contributed by atoms with Crippen molar-refractivity contribution in [2.45, 2.75) is 25.8 Å². The molecule has 0 unspecified atom stereocenters. The Labute approximate surface area is 177 Å². The van der Waals surface area contributed by atoms with Crippen LogP contribution in [0.2, 0.25) is 0 Å². The van der Waals surface area contributed by atoms with Gasteiger partial charge < -0.3 is 14.6 Å². The van der Waals surface area contributed by atoms with Crippen molar-refractivity contribution >= 4 is 22.5 Å². The molecule has 1 heterocycles. The Kier molecular flexibility index (Phi) is 5.94. The van der Waals surface area contributed by atoms with Crippen LogP contribution in [-0.4, -0.2) is 17.6 Å². The number of halogens is 6. The molecular formula is C21H16F6N2O3. The Hall–Kier alpha value is -3.50. The quantitative estimate of drug-likeness (QED) is 0.539. The van der Waals surface area contributed by atoms with Crippen molar-refractivity contribution in [1.82, 2.24) is 4.57 Å². The van der Waals surface area contributed by atoms with E-state index < -0.39 is 46.1 Å². The first-order valence-electron chi connectivity index (χ1n) is 9.17. The molecule has 170 valence electrons. The number of rotatable bonds is 4. The van der Waals surface area contributed by atoms with Gasteiger partial charge in [-0.1, -0.05) is 0 Å². The first-order valence-corrected chi connectivity index (χ1v) is 9.17. The number of carbonyl (C=O) groups excluding carboxylic acids is 1. The fourth-order valence-corrected chi connectivity index (χ4v) is 3.15. The number of ether oxygens (including phenoxy) is 1. The number of nitrogens with one attached hydrogen (secondary N) is 1. The number of methoxy groups -OCH3 is 1. The Bertz CT molecular complexity index is 1210. The fourth-order valence-electron chi connectivity index (χ4n) is 3.15. The lowest BCUT2D eigenvalue weighted by atomic mass is 10.1. The summed E-state index contributed by atoms with van der Waals surface area (Å²) in [5, 5.41) is 2.10. The molecule has 0 atom stereocenters. The molecule has 1 amide bonds. The van der Waals surface area contributed by atoms with Crippen molar-refractivity contribution in [2.75, 3.05) is 12.4 Å². The maximum Gasteiger partial charge on any atom is 0.416 e. The zero-order valence-corrected chi connectivity index (χ0v) is 16.7. The third kappa shape index (κ3) is 4.56. The molecule has 32 heavy (non-hydrogen) atoms. The Morgan fingerprint density at radius 1 is 1.00 bits per heavy atom. The molecule has 0 aliphatic heterocycles. The molecule has 0 aliphatic carbocycles. The van der Waals surface area contributed by atoms with Gasteiger partial charge in [0.25, 0.3) is 5.91 Å². The van der Waals surface area contributed by atoms with Crippen molar-refractivity contribution in [2.24, 2.45) is 0 Å². The number of amides is 1. The van der Waals surface area contributed by atoms with Gasteiger partial charge in [0.15, 0.2) is 0 Å². The molecule has 0 saturated heterocycles. The summed E-state index contributed by atoms with van der Waals surface area (Å²) in [5.41, 5.74) is -4.63. The van der Waals surface area contributed by atoms with Gasteiger partial charge in [0.2, 0.25) is 5.43 Å². The van der Waals surface area contributed by atoms with Crippen molar-refractivity contribution < 1.29 is 35.9 Å². The van der Waals surface area contributed by atoms with Crippen LogP contribution in [0.1, 0.15) is 28.4 Å². The number of aromatic nitrogens is 1. The van der Waals surface area contributed by atoms with E-state index in [0.29, 0.717) is 29.9 Å². The van der Waals surface area contributed by atoms with Gasteiger partial charge in [-0.2, -0.15) is 26.3 Å². The molecule has 11 heteroatoms. The van der Waals surface area contributed by atoms with E-state index in [1.54, 1.807) is 23.6 Å². The normalized spacial score (nSPS) is 12.1. The second kappa shape index (κ2) is 8.21. The van der Waals surface area contributed by atoms with E-state index in [4.69, 9.17) is 4.74 Å². The molecule has 1 N–H and O–H groups in total. The molecule has 3 rings (SSSR count). The van der Waals surface area contributed by atoms with E-state index >= 15 is 0 Å². The Balaban J connectivity index is 2.11. The summed E-state index contributed by atoms with van der Waals surface area (Å²) < 4.78 is 85.0. The molecule has 0 fully saturated rings. The summed E-state index contributed by atoms with van der Waals surface area (Å²) in [6.45, 7) is 2.07. The minimum atomic E-state index is -5.07. The van der Waals surface area contributed by atoms with Crippen molar-refractivity contribution in [3.05, 3.63) is 69.5 Å². The Morgan fingerprint density at radius 2 is 1.59 bits per heavy atom. The molecule has 3 aromatic rings. The third-order valence-electron chi connectivity index (χ3n) is 4.72. The van der Waals surface area contributed by atoms with E-state index in [-0.39, 0.29) is 11.5 Å². The highest BCUT2D eigenvalue weighted by Gasteiger charge is 2.37. The number of anilines is 1. The number of pyridine rings is 1. The number of hydrogen-bond donors (Lipinski definition) is 1. The van der Waals surface area contributed by atoms with Crippen LogP contribution in [0.5, 0.6) is 5.75 Å². The van der Waals surface area contributed by atoms with Crippen molar-refractivity contribution in [1.29, 1.82) is 0 Å². The van der Waals surface area contributed by atoms with Crippen LogP contribution in [-0.2, 0) is 18.9 Å². The summed E-state index contributed by atoms with van der Waals surface area (Å²) in [7, 11) is 1.38. The van der Waals surface area contributed by atoms with Gasteiger partial charge in [-0.05, 0) is 43.3 Å². The third-order valence-corrected chi connectivity index (χ3v) is 4.72. The van der Waals surface area contributed by atoms with E-state index in [0.717, 1.165) is 0 Å². The summed E-state index contributed by atoms with van der Waals surface area (Å²) >= 11 is 0. The largest absolute Gasteiger partial charge is 0.497 e. The zero-order valence-electron chi connectivity index (χ0n) is 16.7. The first-order chi connectivity index (χ1) is 14.8. The number of aryl methyl sites for hydroxylation is 1. The second-order valence-corrected chi connectivity index (χ2v) is 6.79. The molecule has 0 spiro atoms. The highest BCUT2D eigenvalue weighted by atomic mass is 19.4. The average Bonchev–Trinajstić information content (AvgIpc) is 2.72. The van der Waals surface area contributed by atoms with Crippen LogP contribution >= 0.6 is 0 Å². The number of fused-ring (bicyclic) bond motifs is 1. The number of carbonyl (C=O) groups is 1. The molecule has 2 aromatic carbocycles. The van der Waals surface area contributed by atoms with Gasteiger partial charge in [-0.25, -0.2) is 0 Å². The lowest BCUT2D eigenvalue weighted by Crippen LogP contribution is -2.24. The SMILES string of the molecule is CCn1cc(C(=O)Nc2cc(C(F)(F)F)cc(C(F)(F)F)c2)c(=O)c2cc(OC)ccc21. The van der Waals surface area contributed by atoms with Crippen LogP contribution in [0.15, 0.2) is 47.4 Å². The molecule has 0 bridgehead atoms. The monoisotopic (exact) mass is 458 g/mol. The number of alkyl halides is 6. The molecular weight excluding hydrogens is 442 g/mol. The van der Waals surface area contributed by atoms with E-state index in [2.05, 4.69) is 0 Å². The molecule has 0 saturated carbocycles. The lowest BCUT2D eigenvalue weighted by Gasteiger charge is -2.15. The molecule has 0 aliphatic rings. The summed E-state index contributed by atoms with van der Waals surface area (Å²) in [6.07, 6.45) is -8.95. The maximum atomic E-state index is 13.1. The smallest absolute Gasteiger partial charge is 0.416 e. The van der Waals surface area contributed by atoms with Crippen LogP contribution in [0.4, 0.5) is 32.0 Å². The van der Waals surface area contributed by atoms with E-state index in [1.165, 1.54) is 19.4 Å². The zero-order chi connectivity index (χ0) is 23.8. The van der Waals surface area contributed by atoms with Gasteiger partial charge in [0.05, 0.1) is 29.1 Å². The van der Waals surface area contributed by atoms with E-state index in [9.17, 15) is 35.9 Å². The summed E-state index contributed by atoms with van der Waals surface area (Å²) in [5.74, 6) is -0.808. The van der Waals surface area contributed by atoms with Gasteiger partial charge in [-0.3, -0.25) is 9.59 Å². The van der Waals surface area contributed by atoms with Crippen LogP contribution in [0, 0.1) is 0 Å². The lowest BCUT2D eigenvalue weighted by molar-refractivity contribution is -0.143. The predicted molar refractivity (Wildman–Crippen MR) is 105 cm³/mol. The number of hydrogen-bond acceptors (Lipinski definition) is 3. The predicted octanol–water partition coefficient (Wildman–Crippen LogP) is 5.32. The van der Waals surface area contributed by atoms with Crippen LogP contribution < -0.4 is 15.5 Å². The minimum Gasteiger partial charge on any atom is -0.497 e. The van der Waals surface area contributed by atoms with Crippen LogP contribution in [0.3, 0.4) is 0 Å². The number of nitrogens with zero attached hydrogens (tertiary/aromatic N) is 1. The fraction of sp³-hybridized carbons (Fsp3) is 0.238. The van der Waals surface area contributed by atoms with Gasteiger partial charge in [0, 0.05) is 18.4 Å². The van der Waals surface area contributed by atoms with Gasteiger partial charge >= 0.3 is 12.4 Å². The standard InChI is InChI=1S/C21H16F6N2O3/c1-3-29-10-16(18(30)15-9-14(32-2)4-5-17(15)29)19(31)28-13-7-11(20(22,23)24)6-12(8-13)21(25,26)27/h4-10H,3H2,1-2H3,(H,28,31). The molecule has 5 nitrogen and oxygen atoms in total. The molecule has 1 aromatic heterocycles. The Morgan fingerprint density at radius 3 is 2.09 bits per heavy atom.